The second-order valence-corrected chi connectivity index (χ2v) is 10.2. The summed E-state index contributed by atoms with van der Waals surface area (Å²) in [7, 11) is 1.84. The van der Waals surface area contributed by atoms with Gasteiger partial charge in [0, 0.05) is 29.5 Å². The molecule has 1 saturated heterocycles. The fourth-order valence-corrected chi connectivity index (χ4v) is 5.16. The SMILES string of the molecule is CN1CC[C@@H](Nc2cccc3c2cc(-c2noc(CNC(=O)c4csc(N)c4)n2)n3CC(F)(F)F)[C@@H](F)C1. The van der Waals surface area contributed by atoms with Crippen molar-refractivity contribution in [3.63, 3.8) is 0 Å². The molecule has 14 heteroatoms. The topological polar surface area (TPSA) is 114 Å². The molecule has 1 amide bonds. The van der Waals surface area contributed by atoms with Crippen molar-refractivity contribution < 1.29 is 26.9 Å². The zero-order valence-electron chi connectivity index (χ0n) is 20.3. The van der Waals surface area contributed by atoms with E-state index in [-0.39, 0.29) is 30.5 Å². The van der Waals surface area contributed by atoms with E-state index in [4.69, 9.17) is 10.3 Å². The summed E-state index contributed by atoms with van der Waals surface area (Å²) in [5, 5.41) is 12.2. The third kappa shape index (κ3) is 5.60. The van der Waals surface area contributed by atoms with Crippen LogP contribution >= 0.6 is 11.3 Å². The number of nitrogens with one attached hydrogen (secondary N) is 2. The summed E-state index contributed by atoms with van der Waals surface area (Å²) in [6, 6.07) is 7.49. The normalized spacial score (nSPS) is 18.7. The fourth-order valence-electron chi connectivity index (χ4n) is 4.52. The van der Waals surface area contributed by atoms with Gasteiger partial charge in [0.05, 0.1) is 34.4 Å². The van der Waals surface area contributed by atoms with Gasteiger partial charge in [-0.15, -0.1) is 11.3 Å². The molecule has 38 heavy (non-hydrogen) atoms. The van der Waals surface area contributed by atoms with Gasteiger partial charge in [-0.2, -0.15) is 18.2 Å². The number of amides is 1. The van der Waals surface area contributed by atoms with Crippen molar-refractivity contribution in [2.75, 3.05) is 31.2 Å². The summed E-state index contributed by atoms with van der Waals surface area (Å²) in [4.78, 5) is 18.4. The van der Waals surface area contributed by atoms with Crippen molar-refractivity contribution in [1.82, 2.24) is 24.9 Å². The first-order valence-corrected chi connectivity index (χ1v) is 12.7. The number of rotatable bonds is 7. The molecule has 1 aromatic carbocycles. The van der Waals surface area contributed by atoms with Crippen LogP contribution in [-0.2, 0) is 13.1 Å². The number of nitrogens with two attached hydrogens (primary N) is 1. The molecule has 0 unspecified atom stereocenters. The van der Waals surface area contributed by atoms with Crippen molar-refractivity contribution in [1.29, 1.82) is 0 Å². The Bertz CT molecular complexity index is 1450. The number of carbonyl (C=O) groups excluding carboxylic acids is 1. The van der Waals surface area contributed by atoms with Crippen molar-refractivity contribution in [2.45, 2.75) is 37.9 Å². The Kier molecular flexibility index (Phi) is 7.01. The first kappa shape index (κ1) is 26.0. The zero-order chi connectivity index (χ0) is 27.0. The average Bonchev–Trinajstić information content (AvgIpc) is 3.58. The highest BCUT2D eigenvalue weighted by atomic mass is 32.1. The molecule has 9 nitrogen and oxygen atoms in total. The van der Waals surface area contributed by atoms with Gasteiger partial charge in [0.2, 0.25) is 11.7 Å². The summed E-state index contributed by atoms with van der Waals surface area (Å²) < 4.78 is 61.6. The number of nitrogens with zero attached hydrogens (tertiary/aromatic N) is 4. The molecule has 1 fully saturated rings. The number of aromatic nitrogens is 3. The number of hydrogen-bond acceptors (Lipinski definition) is 8. The number of thiophene rings is 1. The van der Waals surface area contributed by atoms with Crippen LogP contribution in [0.25, 0.3) is 22.4 Å². The minimum Gasteiger partial charge on any atom is -0.391 e. The third-order valence-corrected chi connectivity index (χ3v) is 7.11. The van der Waals surface area contributed by atoms with Gasteiger partial charge in [-0.3, -0.25) is 4.79 Å². The highest BCUT2D eigenvalue weighted by Gasteiger charge is 2.32. The molecule has 4 aromatic rings. The van der Waals surface area contributed by atoms with Gasteiger partial charge in [-0.25, -0.2) is 4.39 Å². The number of likely N-dealkylation sites (tertiary alicyclic amines) is 1. The Balaban J connectivity index is 1.43. The van der Waals surface area contributed by atoms with Gasteiger partial charge in [0.15, 0.2) is 0 Å². The van der Waals surface area contributed by atoms with Crippen LogP contribution in [0.5, 0.6) is 0 Å². The van der Waals surface area contributed by atoms with Crippen LogP contribution in [0.1, 0.15) is 22.7 Å². The maximum atomic E-state index is 14.7. The van der Waals surface area contributed by atoms with E-state index in [0.717, 1.165) is 4.57 Å². The summed E-state index contributed by atoms with van der Waals surface area (Å²) in [6.45, 7) is -0.427. The maximum absolute atomic E-state index is 14.7. The van der Waals surface area contributed by atoms with Gasteiger partial charge >= 0.3 is 6.18 Å². The second-order valence-electron chi connectivity index (χ2n) is 9.22. The van der Waals surface area contributed by atoms with Gasteiger partial charge in [0.25, 0.3) is 5.91 Å². The van der Waals surface area contributed by atoms with Crippen LogP contribution in [0.4, 0.5) is 28.3 Å². The van der Waals surface area contributed by atoms with Crippen LogP contribution < -0.4 is 16.4 Å². The molecule has 202 valence electrons. The second kappa shape index (κ2) is 10.3. The number of hydrogen-bond donors (Lipinski definition) is 3. The Morgan fingerprint density at radius 3 is 2.84 bits per heavy atom. The molecule has 4 heterocycles. The largest absolute Gasteiger partial charge is 0.406 e. The Morgan fingerprint density at radius 1 is 1.32 bits per heavy atom. The van der Waals surface area contributed by atoms with Crippen LogP contribution in [0.3, 0.4) is 0 Å². The molecular weight excluding hydrogens is 526 g/mol. The summed E-state index contributed by atoms with van der Waals surface area (Å²) in [5.41, 5.74) is 6.91. The van der Waals surface area contributed by atoms with Crippen LogP contribution in [0.2, 0.25) is 0 Å². The Morgan fingerprint density at radius 2 is 2.13 bits per heavy atom. The first-order valence-electron chi connectivity index (χ1n) is 11.8. The molecule has 0 spiro atoms. The molecule has 3 aromatic heterocycles. The molecule has 1 aliphatic rings. The lowest BCUT2D eigenvalue weighted by Gasteiger charge is -2.33. The monoisotopic (exact) mass is 551 g/mol. The number of piperidine rings is 1. The molecule has 0 aliphatic carbocycles. The molecule has 0 bridgehead atoms. The van der Waals surface area contributed by atoms with E-state index in [1.54, 1.807) is 23.6 Å². The average molecular weight is 552 g/mol. The minimum absolute atomic E-state index is 0.0188. The zero-order valence-corrected chi connectivity index (χ0v) is 21.1. The fraction of sp³-hybridized carbons (Fsp3) is 0.375. The van der Waals surface area contributed by atoms with Gasteiger partial charge in [0.1, 0.15) is 12.7 Å². The molecule has 2 atom stereocenters. The van der Waals surface area contributed by atoms with Crippen LogP contribution in [0, 0.1) is 0 Å². The van der Waals surface area contributed by atoms with E-state index in [0.29, 0.717) is 40.1 Å². The summed E-state index contributed by atoms with van der Waals surface area (Å²) in [5.74, 6) is -0.451. The van der Waals surface area contributed by atoms with Crippen LogP contribution in [0.15, 0.2) is 40.2 Å². The minimum atomic E-state index is -4.52. The number of anilines is 2. The number of fused-ring (bicyclic) bond motifs is 1. The molecule has 0 saturated carbocycles. The lowest BCUT2D eigenvalue weighted by molar-refractivity contribution is -0.139. The predicted molar refractivity (Wildman–Crippen MR) is 136 cm³/mol. The summed E-state index contributed by atoms with van der Waals surface area (Å²) >= 11 is 1.22. The number of nitrogen functional groups attached to an aromatic ring is 1. The van der Waals surface area contributed by atoms with Crippen LogP contribution in [-0.4, -0.2) is 64.0 Å². The molecule has 4 N–H and O–H groups in total. The lowest BCUT2D eigenvalue weighted by Crippen LogP contribution is -2.46. The number of alkyl halides is 4. The van der Waals surface area contributed by atoms with Crippen molar-refractivity contribution in [2.24, 2.45) is 0 Å². The van der Waals surface area contributed by atoms with E-state index in [1.807, 2.05) is 11.9 Å². The van der Waals surface area contributed by atoms with Crippen molar-refractivity contribution in [3.05, 3.63) is 47.2 Å². The number of halogens is 4. The quantitative estimate of drug-likeness (QED) is 0.294. The number of benzene rings is 1. The van der Waals surface area contributed by atoms with E-state index in [2.05, 4.69) is 20.8 Å². The van der Waals surface area contributed by atoms with E-state index >= 15 is 0 Å². The lowest BCUT2D eigenvalue weighted by atomic mass is 10.0. The first-order chi connectivity index (χ1) is 18.1. The van der Waals surface area contributed by atoms with Gasteiger partial charge in [-0.1, -0.05) is 11.2 Å². The number of carbonyl (C=O) groups is 1. The predicted octanol–water partition coefficient (Wildman–Crippen LogP) is 4.28. The standard InChI is InChI=1S/C24H25F4N7O2S/c1-34-6-5-17(15(25)10-34)31-16-3-2-4-18-14(16)8-19(35(18)12-24(26,27)28)22-32-21(37-33-22)9-30-23(36)13-7-20(29)38-11-13/h2-4,7-8,11,15,17,31H,5-6,9-10,12,29H2,1H3,(H,30,36)/t15-,17+/m0/s1. The van der Waals surface area contributed by atoms with E-state index < -0.39 is 30.8 Å². The van der Waals surface area contributed by atoms with Gasteiger partial charge < -0.3 is 30.4 Å². The molecule has 1 aliphatic heterocycles. The maximum Gasteiger partial charge on any atom is 0.406 e. The van der Waals surface area contributed by atoms with Crippen molar-refractivity contribution in [3.8, 4) is 11.5 Å². The van der Waals surface area contributed by atoms with Crippen molar-refractivity contribution >= 4 is 38.8 Å². The summed E-state index contributed by atoms with van der Waals surface area (Å²) in [6.07, 6.45) is -5.09. The molecule has 5 rings (SSSR count). The highest BCUT2D eigenvalue weighted by molar-refractivity contribution is 7.14. The molecule has 0 radical (unpaired) electrons. The Labute approximate surface area is 218 Å². The smallest absolute Gasteiger partial charge is 0.391 e. The van der Waals surface area contributed by atoms with Gasteiger partial charge in [-0.05, 0) is 37.7 Å². The third-order valence-electron chi connectivity index (χ3n) is 6.35. The Hall–Kier alpha value is -3.65. The van der Waals surface area contributed by atoms with E-state index in [1.165, 1.54) is 23.5 Å². The van der Waals surface area contributed by atoms with E-state index in [9.17, 15) is 22.4 Å². The highest BCUT2D eigenvalue weighted by Crippen LogP contribution is 2.35. The molecular formula is C24H25F4N7O2S.